The predicted octanol–water partition coefficient (Wildman–Crippen LogP) is 2.12. The maximum absolute atomic E-state index is 12.9. The van der Waals surface area contributed by atoms with E-state index in [1.165, 1.54) is 23.5 Å². The van der Waals surface area contributed by atoms with Gasteiger partial charge < -0.3 is 11.1 Å². The number of amides is 1. The Kier molecular flexibility index (Phi) is 2.82. The zero-order valence-corrected chi connectivity index (χ0v) is 8.92. The molecule has 0 spiro atoms. The van der Waals surface area contributed by atoms with E-state index >= 15 is 0 Å². The van der Waals surface area contributed by atoms with Gasteiger partial charge in [0, 0.05) is 11.1 Å². The first-order valence-electron chi connectivity index (χ1n) is 4.43. The molecule has 0 atom stereocenters. The van der Waals surface area contributed by atoms with Crippen LogP contribution < -0.4 is 11.1 Å². The van der Waals surface area contributed by atoms with E-state index in [0.29, 0.717) is 10.8 Å². The highest BCUT2D eigenvalue weighted by molar-refractivity contribution is 7.14. The predicted molar refractivity (Wildman–Crippen MR) is 60.3 cm³/mol. The Morgan fingerprint density at radius 3 is 2.94 bits per heavy atom. The van der Waals surface area contributed by atoms with Gasteiger partial charge in [-0.2, -0.15) is 0 Å². The summed E-state index contributed by atoms with van der Waals surface area (Å²) in [5, 5.41) is 4.92. The summed E-state index contributed by atoms with van der Waals surface area (Å²) in [6.45, 7) is 0. The first kappa shape index (κ1) is 10.6. The summed E-state index contributed by atoms with van der Waals surface area (Å²) >= 11 is 1.23. The van der Waals surface area contributed by atoms with Gasteiger partial charge in [-0.25, -0.2) is 9.37 Å². The molecule has 4 nitrogen and oxygen atoms in total. The molecule has 1 aromatic heterocycles. The number of nitrogens with one attached hydrogen (secondary N) is 1. The van der Waals surface area contributed by atoms with Crippen LogP contribution in [0.1, 0.15) is 10.5 Å². The van der Waals surface area contributed by atoms with Gasteiger partial charge in [0.25, 0.3) is 5.91 Å². The van der Waals surface area contributed by atoms with E-state index in [1.54, 1.807) is 17.5 Å². The van der Waals surface area contributed by atoms with Crippen LogP contribution in [0.4, 0.5) is 15.2 Å². The molecule has 0 saturated carbocycles. The van der Waals surface area contributed by atoms with Crippen LogP contribution in [-0.4, -0.2) is 10.9 Å². The smallest absolute Gasteiger partial charge is 0.268 e. The third-order valence-corrected chi connectivity index (χ3v) is 2.59. The van der Waals surface area contributed by atoms with E-state index in [0.717, 1.165) is 0 Å². The topological polar surface area (TPSA) is 68.0 Å². The number of primary amides is 1. The molecular weight excluding hydrogens is 229 g/mol. The third-order valence-electron chi connectivity index (χ3n) is 1.83. The summed E-state index contributed by atoms with van der Waals surface area (Å²) in [6, 6.07) is 5.97. The summed E-state index contributed by atoms with van der Waals surface area (Å²) in [6.07, 6.45) is 0. The molecule has 82 valence electrons. The number of anilines is 2. The average molecular weight is 237 g/mol. The number of nitrogens with two attached hydrogens (primary N) is 1. The Morgan fingerprint density at radius 1 is 1.50 bits per heavy atom. The summed E-state index contributed by atoms with van der Waals surface area (Å²) in [5.41, 5.74) is 5.83. The lowest BCUT2D eigenvalue weighted by molar-refractivity contribution is 0.0996. The minimum absolute atomic E-state index is 0.198. The summed E-state index contributed by atoms with van der Waals surface area (Å²) in [4.78, 5) is 14.7. The second-order valence-corrected chi connectivity index (χ2v) is 3.90. The zero-order valence-electron chi connectivity index (χ0n) is 8.11. The van der Waals surface area contributed by atoms with E-state index in [9.17, 15) is 9.18 Å². The fraction of sp³-hybridized carbons (Fsp3) is 0. The zero-order chi connectivity index (χ0) is 11.5. The highest BCUT2D eigenvalue weighted by atomic mass is 32.1. The van der Waals surface area contributed by atoms with Crippen LogP contribution in [0.15, 0.2) is 29.6 Å². The van der Waals surface area contributed by atoms with Gasteiger partial charge in [0.05, 0.1) is 0 Å². The number of thiazole rings is 1. The number of halogens is 1. The van der Waals surface area contributed by atoms with Gasteiger partial charge in [-0.15, -0.1) is 11.3 Å². The highest BCUT2D eigenvalue weighted by Gasteiger charge is 2.06. The average Bonchev–Trinajstić information content (AvgIpc) is 2.66. The van der Waals surface area contributed by atoms with Crippen molar-refractivity contribution < 1.29 is 9.18 Å². The highest BCUT2D eigenvalue weighted by Crippen LogP contribution is 2.21. The molecule has 0 radical (unpaired) electrons. The van der Waals surface area contributed by atoms with Gasteiger partial charge in [-0.05, 0) is 18.2 Å². The largest absolute Gasteiger partial charge is 0.364 e. The van der Waals surface area contributed by atoms with Crippen LogP contribution in [0.2, 0.25) is 0 Å². The number of benzene rings is 1. The molecule has 3 N–H and O–H groups in total. The molecule has 2 aromatic rings. The Balaban J connectivity index is 2.17. The first-order chi connectivity index (χ1) is 7.65. The maximum Gasteiger partial charge on any atom is 0.268 e. The lowest BCUT2D eigenvalue weighted by Crippen LogP contribution is -2.11. The second kappa shape index (κ2) is 4.28. The van der Waals surface area contributed by atoms with Crippen molar-refractivity contribution in [1.29, 1.82) is 0 Å². The Hall–Kier alpha value is -1.95. The number of rotatable bonds is 3. The monoisotopic (exact) mass is 237 g/mol. The standard InChI is InChI=1S/C10H8FN3OS/c11-6-2-1-3-7(4-6)13-10-14-8(5-16-10)9(12)15/h1-5H,(H2,12,15)(H,13,14). The normalized spacial score (nSPS) is 10.1. The van der Waals surface area contributed by atoms with Crippen LogP contribution in [0.25, 0.3) is 0 Å². The van der Waals surface area contributed by atoms with Crippen molar-refractivity contribution in [1.82, 2.24) is 4.98 Å². The summed E-state index contributed by atoms with van der Waals surface area (Å²) in [7, 11) is 0. The van der Waals surface area contributed by atoms with E-state index in [4.69, 9.17) is 5.73 Å². The second-order valence-electron chi connectivity index (χ2n) is 3.04. The number of aromatic nitrogens is 1. The maximum atomic E-state index is 12.9. The minimum Gasteiger partial charge on any atom is -0.364 e. The number of hydrogen-bond donors (Lipinski definition) is 2. The van der Waals surface area contributed by atoms with Crippen LogP contribution in [0, 0.1) is 5.82 Å². The van der Waals surface area contributed by atoms with Gasteiger partial charge in [0.1, 0.15) is 11.5 Å². The van der Waals surface area contributed by atoms with Crippen LogP contribution >= 0.6 is 11.3 Å². The Morgan fingerprint density at radius 2 is 2.31 bits per heavy atom. The van der Waals surface area contributed by atoms with Crippen molar-refractivity contribution in [2.75, 3.05) is 5.32 Å². The molecule has 1 amide bonds. The van der Waals surface area contributed by atoms with Gasteiger partial charge in [0.15, 0.2) is 5.13 Å². The molecule has 0 aliphatic rings. The Bertz CT molecular complexity index is 526. The van der Waals surface area contributed by atoms with Crippen LogP contribution in [0.5, 0.6) is 0 Å². The fourth-order valence-corrected chi connectivity index (χ4v) is 1.85. The molecule has 0 fully saturated rings. The quantitative estimate of drug-likeness (QED) is 0.859. The molecule has 1 heterocycles. The van der Waals surface area contributed by atoms with Crippen molar-refractivity contribution in [2.24, 2.45) is 5.73 Å². The van der Waals surface area contributed by atoms with E-state index in [2.05, 4.69) is 10.3 Å². The Labute approximate surface area is 94.9 Å². The fourth-order valence-electron chi connectivity index (χ4n) is 1.13. The number of nitrogens with zero attached hydrogens (tertiary/aromatic N) is 1. The van der Waals surface area contributed by atoms with Crippen LogP contribution in [0.3, 0.4) is 0 Å². The number of carbonyl (C=O) groups excluding carboxylic acids is 1. The molecule has 0 aliphatic heterocycles. The molecule has 0 bridgehead atoms. The first-order valence-corrected chi connectivity index (χ1v) is 5.31. The lowest BCUT2D eigenvalue weighted by atomic mass is 10.3. The lowest BCUT2D eigenvalue weighted by Gasteiger charge is -2.01. The SMILES string of the molecule is NC(=O)c1csc(Nc2cccc(F)c2)n1. The summed E-state index contributed by atoms with van der Waals surface area (Å²) < 4.78 is 12.9. The molecule has 1 aromatic carbocycles. The van der Waals surface area contributed by atoms with E-state index in [1.807, 2.05) is 0 Å². The van der Waals surface area contributed by atoms with Gasteiger partial charge in [0.2, 0.25) is 0 Å². The summed E-state index contributed by atoms with van der Waals surface area (Å²) in [5.74, 6) is -0.916. The van der Waals surface area contributed by atoms with Crippen LogP contribution in [-0.2, 0) is 0 Å². The molecule has 6 heteroatoms. The van der Waals surface area contributed by atoms with Gasteiger partial charge in [-0.3, -0.25) is 4.79 Å². The molecule has 0 unspecified atom stereocenters. The van der Waals surface area contributed by atoms with Gasteiger partial charge >= 0.3 is 0 Å². The minimum atomic E-state index is -0.580. The van der Waals surface area contributed by atoms with Crippen molar-refractivity contribution in [3.05, 3.63) is 41.2 Å². The number of carbonyl (C=O) groups is 1. The molecule has 0 aliphatic carbocycles. The van der Waals surface area contributed by atoms with E-state index < -0.39 is 5.91 Å². The molecule has 16 heavy (non-hydrogen) atoms. The molecule has 2 rings (SSSR count). The van der Waals surface area contributed by atoms with Crippen molar-refractivity contribution >= 4 is 28.1 Å². The van der Waals surface area contributed by atoms with Gasteiger partial charge in [-0.1, -0.05) is 6.07 Å². The number of hydrogen-bond acceptors (Lipinski definition) is 4. The molecule has 0 saturated heterocycles. The van der Waals surface area contributed by atoms with Crippen molar-refractivity contribution in [2.45, 2.75) is 0 Å². The van der Waals surface area contributed by atoms with E-state index in [-0.39, 0.29) is 11.5 Å². The van der Waals surface area contributed by atoms with Crippen molar-refractivity contribution in [3.63, 3.8) is 0 Å². The molecular formula is C10H8FN3OS. The third kappa shape index (κ3) is 2.34. The van der Waals surface area contributed by atoms with Crippen molar-refractivity contribution in [3.8, 4) is 0 Å².